The van der Waals surface area contributed by atoms with Crippen LogP contribution in [0.3, 0.4) is 0 Å². The van der Waals surface area contributed by atoms with E-state index in [1.54, 1.807) is 25.4 Å². The molecule has 6 rings (SSSR count). The van der Waals surface area contributed by atoms with Gasteiger partial charge in [0, 0.05) is 90.7 Å². The minimum Gasteiger partial charge on any atom is -0.496 e. The first-order chi connectivity index (χ1) is 23.7. The lowest BCUT2D eigenvalue weighted by Crippen LogP contribution is -2.35. The van der Waals surface area contributed by atoms with Gasteiger partial charge < -0.3 is 30.7 Å². The van der Waals surface area contributed by atoms with Crippen LogP contribution in [0.25, 0.3) is 33.6 Å². The van der Waals surface area contributed by atoms with Crippen molar-refractivity contribution in [2.75, 3.05) is 27.3 Å². The molecular weight excluding hydrogens is 670 g/mol. The van der Waals surface area contributed by atoms with E-state index in [1.165, 1.54) is 13.2 Å². The molecule has 2 aliphatic heterocycles. The van der Waals surface area contributed by atoms with Crippen molar-refractivity contribution in [3.63, 3.8) is 0 Å². The monoisotopic (exact) mass is 706 g/mol. The molecule has 2 aromatic heterocycles. The van der Waals surface area contributed by atoms with E-state index in [4.69, 9.17) is 37.7 Å². The SMILES string of the molecule is COc1cc(-c2nccc(-c3cccc(-c4ccc(CNC[C@H]5CCC(=O)N5)c(OC)n4)c3Cl)c2Cl)cc(F)c1CNC[C@H]1CCC(=O)N1. The number of hydrogen-bond acceptors (Lipinski definition) is 8. The third-order valence-electron chi connectivity index (χ3n) is 8.80. The van der Waals surface area contributed by atoms with Crippen LogP contribution in [0.2, 0.25) is 10.0 Å². The molecule has 2 amide bonds. The second kappa shape index (κ2) is 15.5. The highest BCUT2D eigenvalue weighted by Crippen LogP contribution is 2.42. The van der Waals surface area contributed by atoms with E-state index in [-0.39, 0.29) is 30.4 Å². The highest BCUT2D eigenvalue weighted by molar-refractivity contribution is 6.39. The third kappa shape index (κ3) is 7.80. The minimum atomic E-state index is -0.468. The Morgan fingerprint density at radius 3 is 2.18 bits per heavy atom. The van der Waals surface area contributed by atoms with Gasteiger partial charge in [0.1, 0.15) is 11.6 Å². The van der Waals surface area contributed by atoms with E-state index in [0.29, 0.717) is 93.4 Å². The van der Waals surface area contributed by atoms with Gasteiger partial charge in [-0.2, -0.15) is 0 Å². The molecule has 4 aromatic rings. The Bertz CT molecular complexity index is 1880. The lowest BCUT2D eigenvalue weighted by molar-refractivity contribution is -0.120. The number of methoxy groups -OCH3 is 2. The first kappa shape index (κ1) is 34.6. The normalized spacial score (nSPS) is 17.2. The molecule has 0 bridgehead atoms. The quantitative estimate of drug-likeness (QED) is 0.140. The maximum absolute atomic E-state index is 15.5. The predicted molar refractivity (Wildman–Crippen MR) is 187 cm³/mol. The Labute approximate surface area is 294 Å². The summed E-state index contributed by atoms with van der Waals surface area (Å²) < 4.78 is 26.7. The molecule has 0 unspecified atom stereocenters. The maximum atomic E-state index is 15.5. The number of nitrogens with one attached hydrogen (secondary N) is 4. The van der Waals surface area contributed by atoms with Gasteiger partial charge in [0.2, 0.25) is 17.7 Å². The first-order valence-electron chi connectivity index (χ1n) is 16.1. The fraction of sp³-hybridized carbons (Fsp3) is 0.333. The Morgan fingerprint density at radius 2 is 1.53 bits per heavy atom. The molecule has 10 nitrogen and oxygen atoms in total. The van der Waals surface area contributed by atoms with E-state index < -0.39 is 5.82 Å². The van der Waals surface area contributed by atoms with Crippen LogP contribution in [0.5, 0.6) is 11.6 Å². The van der Waals surface area contributed by atoms with Gasteiger partial charge >= 0.3 is 0 Å². The van der Waals surface area contributed by atoms with Gasteiger partial charge in [0.25, 0.3) is 0 Å². The summed E-state index contributed by atoms with van der Waals surface area (Å²) in [6, 6.07) is 14.4. The lowest BCUT2D eigenvalue weighted by Gasteiger charge is -2.17. The number of hydrogen-bond donors (Lipinski definition) is 4. The molecule has 4 N–H and O–H groups in total. The zero-order valence-corrected chi connectivity index (χ0v) is 28.7. The zero-order valence-electron chi connectivity index (χ0n) is 27.2. The van der Waals surface area contributed by atoms with Gasteiger partial charge in [-0.15, -0.1) is 0 Å². The van der Waals surface area contributed by atoms with Crippen LogP contribution in [-0.2, 0) is 22.7 Å². The molecule has 4 heterocycles. The number of rotatable bonds is 13. The van der Waals surface area contributed by atoms with Crippen molar-refractivity contribution in [2.24, 2.45) is 0 Å². The molecule has 2 aromatic carbocycles. The maximum Gasteiger partial charge on any atom is 0.220 e. The molecule has 49 heavy (non-hydrogen) atoms. The van der Waals surface area contributed by atoms with E-state index in [1.807, 2.05) is 30.3 Å². The highest BCUT2D eigenvalue weighted by atomic mass is 35.5. The van der Waals surface area contributed by atoms with Gasteiger partial charge in [-0.1, -0.05) is 47.5 Å². The van der Waals surface area contributed by atoms with Gasteiger partial charge in [-0.3, -0.25) is 14.6 Å². The molecule has 2 aliphatic rings. The topological polar surface area (TPSA) is 126 Å². The van der Waals surface area contributed by atoms with E-state index in [9.17, 15) is 9.59 Å². The predicted octanol–water partition coefficient (Wildman–Crippen LogP) is 5.68. The molecule has 2 saturated heterocycles. The third-order valence-corrected chi connectivity index (χ3v) is 9.59. The summed E-state index contributed by atoms with van der Waals surface area (Å²) >= 11 is 14.0. The number of carbonyl (C=O) groups excluding carboxylic acids is 2. The number of benzene rings is 2. The standard InChI is InChI=1S/C36H37Cl2FN6O4/c1-48-30-15-21(14-28(39)27(30)19-41-18-23-8-11-32(47)44-23)35-34(38)25(12-13-42-35)24-4-3-5-26(33(24)37)29-9-6-20(36(45-29)49-2)16-40-17-22-7-10-31(46)43-22/h3-6,9,12-15,22-23,40-41H,7-8,10-11,16-19H2,1-2H3,(H,43,46)(H,44,47)/t22-,23-/m1/s1. The van der Waals surface area contributed by atoms with Crippen LogP contribution in [0.1, 0.15) is 36.8 Å². The molecule has 0 spiro atoms. The number of aromatic nitrogens is 2. The number of carbonyl (C=O) groups is 2. The highest BCUT2D eigenvalue weighted by Gasteiger charge is 2.23. The summed E-state index contributed by atoms with van der Waals surface area (Å²) in [6.45, 7) is 1.93. The van der Waals surface area contributed by atoms with Gasteiger partial charge in [0.05, 0.1) is 35.7 Å². The smallest absolute Gasteiger partial charge is 0.220 e. The number of halogens is 3. The number of amides is 2. The van der Waals surface area contributed by atoms with Gasteiger partial charge in [-0.25, -0.2) is 9.37 Å². The molecule has 13 heteroatoms. The summed E-state index contributed by atoms with van der Waals surface area (Å²) in [7, 11) is 3.06. The summed E-state index contributed by atoms with van der Waals surface area (Å²) in [4.78, 5) is 32.2. The Morgan fingerprint density at radius 1 is 0.857 bits per heavy atom. The summed E-state index contributed by atoms with van der Waals surface area (Å²) in [5.41, 5.74) is 4.64. The van der Waals surface area contributed by atoms with E-state index in [0.717, 1.165) is 18.4 Å². The van der Waals surface area contributed by atoms with Crippen molar-refractivity contribution in [3.8, 4) is 45.3 Å². The van der Waals surface area contributed by atoms with Crippen LogP contribution in [-0.4, -0.2) is 61.2 Å². The van der Waals surface area contributed by atoms with Gasteiger partial charge in [0.15, 0.2) is 0 Å². The summed E-state index contributed by atoms with van der Waals surface area (Å²) in [5.74, 6) is 0.462. The average molecular weight is 708 g/mol. The average Bonchev–Trinajstić information content (AvgIpc) is 3.72. The molecule has 256 valence electrons. The Kier molecular flexibility index (Phi) is 10.9. The first-order valence-corrected chi connectivity index (χ1v) is 16.9. The van der Waals surface area contributed by atoms with Crippen molar-refractivity contribution < 1.29 is 23.5 Å². The zero-order chi connectivity index (χ0) is 34.5. The number of nitrogens with zero attached hydrogens (tertiary/aromatic N) is 2. The summed E-state index contributed by atoms with van der Waals surface area (Å²) in [6.07, 6.45) is 4.23. The second-order valence-electron chi connectivity index (χ2n) is 12.1. The fourth-order valence-corrected chi connectivity index (χ4v) is 6.88. The number of ether oxygens (including phenoxy) is 2. The largest absolute Gasteiger partial charge is 0.496 e. The van der Waals surface area contributed by atoms with Crippen LogP contribution < -0.4 is 30.7 Å². The van der Waals surface area contributed by atoms with Crippen molar-refractivity contribution in [1.29, 1.82) is 0 Å². The molecule has 2 fully saturated rings. The second-order valence-corrected chi connectivity index (χ2v) is 12.8. The molecule has 0 radical (unpaired) electrons. The van der Waals surface area contributed by atoms with Crippen LogP contribution in [0.15, 0.2) is 54.7 Å². The molecule has 0 saturated carbocycles. The van der Waals surface area contributed by atoms with Crippen molar-refractivity contribution >= 4 is 35.0 Å². The number of pyridine rings is 2. The van der Waals surface area contributed by atoms with Crippen LogP contribution in [0.4, 0.5) is 4.39 Å². The molecule has 2 atom stereocenters. The van der Waals surface area contributed by atoms with Crippen LogP contribution >= 0.6 is 23.2 Å². The van der Waals surface area contributed by atoms with E-state index >= 15 is 4.39 Å². The fourth-order valence-electron chi connectivity index (χ4n) is 6.24. The van der Waals surface area contributed by atoms with Crippen molar-refractivity contribution in [2.45, 2.75) is 50.9 Å². The summed E-state index contributed by atoms with van der Waals surface area (Å²) in [5, 5.41) is 13.2. The Balaban J connectivity index is 1.22. The van der Waals surface area contributed by atoms with Crippen molar-refractivity contribution in [1.82, 2.24) is 31.2 Å². The minimum absolute atomic E-state index is 0.0233. The van der Waals surface area contributed by atoms with E-state index in [2.05, 4.69) is 26.3 Å². The lowest BCUT2D eigenvalue weighted by atomic mass is 9.99. The van der Waals surface area contributed by atoms with Crippen LogP contribution in [0, 0.1) is 5.82 Å². The molecular formula is C36H37Cl2FN6O4. The van der Waals surface area contributed by atoms with Gasteiger partial charge in [-0.05, 0) is 37.1 Å². The molecule has 0 aliphatic carbocycles. The van der Waals surface area contributed by atoms with Crippen molar-refractivity contribution in [3.05, 3.63) is 81.7 Å². The Hall–Kier alpha value is -4.29.